The zero-order chi connectivity index (χ0) is 15.6. The molecule has 2 rings (SSSR count). The summed E-state index contributed by atoms with van der Waals surface area (Å²) in [7, 11) is 0. The van der Waals surface area contributed by atoms with Gasteiger partial charge in [-0.1, -0.05) is 0 Å². The van der Waals surface area contributed by atoms with Crippen LogP contribution in [0, 0.1) is 0 Å². The van der Waals surface area contributed by atoms with Gasteiger partial charge in [-0.2, -0.15) is 0 Å². The fraction of sp³-hybridized carbons (Fsp3) is 0. The van der Waals surface area contributed by atoms with E-state index in [9.17, 15) is 19.2 Å². The number of carbonyl (C=O) groups excluding carboxylic acids is 2. The molecule has 11 heteroatoms. The fourth-order valence-electron chi connectivity index (χ4n) is 1.32. The molecule has 0 fully saturated rings. The van der Waals surface area contributed by atoms with Gasteiger partial charge in [0.15, 0.2) is 23.0 Å². The van der Waals surface area contributed by atoms with Crippen LogP contribution >= 0.6 is 0 Å². The third-order valence-electron chi connectivity index (χ3n) is 1.96. The third kappa shape index (κ3) is 3.28. The number of hydrogen-bond donors (Lipinski definition) is 2. The predicted octanol–water partition coefficient (Wildman–Crippen LogP) is 1.83. The van der Waals surface area contributed by atoms with E-state index in [1.807, 2.05) is 0 Å². The van der Waals surface area contributed by atoms with Gasteiger partial charge in [0.1, 0.15) is 0 Å². The maximum absolute atomic E-state index is 11.0. The Morgan fingerprint density at radius 3 is 1.52 bits per heavy atom. The number of rotatable bonds is 2. The van der Waals surface area contributed by atoms with E-state index in [-0.39, 0.29) is 0 Å². The summed E-state index contributed by atoms with van der Waals surface area (Å²) in [6.45, 7) is 0. The Kier molecular flexibility index (Phi) is 3.47. The summed E-state index contributed by atoms with van der Waals surface area (Å²) in [4.78, 5) is 43.1. The number of benzene rings is 1. The van der Waals surface area contributed by atoms with E-state index in [0.29, 0.717) is 0 Å². The molecule has 0 spiro atoms. The quantitative estimate of drug-likeness (QED) is 0.466. The van der Waals surface area contributed by atoms with Crippen molar-refractivity contribution in [3.05, 3.63) is 12.1 Å². The van der Waals surface area contributed by atoms with Crippen LogP contribution in [0.4, 0.5) is 19.2 Å². The average Bonchev–Trinajstić information content (AvgIpc) is 2.45. The molecule has 0 saturated heterocycles. The summed E-state index contributed by atoms with van der Waals surface area (Å²) < 4.78 is 21.6. The molecule has 0 aromatic heterocycles. The van der Waals surface area contributed by atoms with Crippen LogP contribution in [0.25, 0.3) is 0 Å². The highest BCUT2D eigenvalue weighted by atomic mass is 16.8. The van der Waals surface area contributed by atoms with E-state index in [0.717, 1.165) is 12.1 Å². The molecule has 0 bridgehead atoms. The van der Waals surface area contributed by atoms with Crippen molar-refractivity contribution in [3.8, 4) is 23.0 Å². The highest BCUT2D eigenvalue weighted by Gasteiger charge is 2.27. The maximum Gasteiger partial charge on any atom is 0.524 e. The van der Waals surface area contributed by atoms with Crippen LogP contribution in [0.15, 0.2) is 12.1 Å². The molecule has 0 radical (unpaired) electrons. The molecule has 11 nitrogen and oxygen atoms in total. The van der Waals surface area contributed by atoms with Gasteiger partial charge in [-0.15, -0.1) is 0 Å². The molecule has 0 saturated carbocycles. The molecule has 1 heterocycles. The van der Waals surface area contributed by atoms with Crippen LogP contribution in [-0.2, 0) is 4.74 Å². The summed E-state index contributed by atoms with van der Waals surface area (Å²) in [6.07, 6.45) is -6.41. The molecular formula is C10H4O11. The molecular weight excluding hydrogens is 296 g/mol. The van der Waals surface area contributed by atoms with Gasteiger partial charge < -0.3 is 33.9 Å². The number of carbonyl (C=O) groups is 4. The van der Waals surface area contributed by atoms with Crippen molar-refractivity contribution in [1.29, 1.82) is 0 Å². The minimum absolute atomic E-state index is 0.431. The Hall–Kier alpha value is -3.50. The second-order valence-corrected chi connectivity index (χ2v) is 3.29. The Morgan fingerprint density at radius 2 is 1.19 bits per heavy atom. The van der Waals surface area contributed by atoms with Crippen molar-refractivity contribution in [2.45, 2.75) is 0 Å². The molecule has 0 atom stereocenters. The van der Waals surface area contributed by atoms with E-state index in [2.05, 4.69) is 23.7 Å². The summed E-state index contributed by atoms with van der Waals surface area (Å²) in [5, 5.41) is 17.1. The minimum Gasteiger partial charge on any atom is -0.449 e. The molecule has 21 heavy (non-hydrogen) atoms. The highest BCUT2D eigenvalue weighted by molar-refractivity contribution is 5.83. The van der Waals surface area contributed by atoms with Gasteiger partial charge in [0.25, 0.3) is 0 Å². The Labute approximate surface area is 114 Å². The van der Waals surface area contributed by atoms with Gasteiger partial charge in [0, 0.05) is 12.1 Å². The average molecular weight is 300 g/mol. The van der Waals surface area contributed by atoms with E-state index >= 15 is 0 Å². The SMILES string of the molecule is O=C(O)Oc1cc2c(cc1OC(=O)O)OC(=O)OC(=O)O2. The van der Waals surface area contributed by atoms with Crippen molar-refractivity contribution < 1.29 is 53.1 Å². The van der Waals surface area contributed by atoms with E-state index in [1.54, 1.807) is 0 Å². The highest BCUT2D eigenvalue weighted by Crippen LogP contribution is 2.41. The smallest absolute Gasteiger partial charge is 0.449 e. The van der Waals surface area contributed by atoms with Crippen LogP contribution in [-0.4, -0.2) is 34.8 Å². The van der Waals surface area contributed by atoms with E-state index < -0.39 is 47.6 Å². The number of hydrogen-bond acceptors (Lipinski definition) is 9. The number of cyclic esters (lactones) is 2. The topological polar surface area (TPSA) is 155 Å². The Morgan fingerprint density at radius 1 is 0.810 bits per heavy atom. The first kappa shape index (κ1) is 13.9. The first-order valence-corrected chi connectivity index (χ1v) is 4.96. The van der Waals surface area contributed by atoms with Crippen LogP contribution in [0.1, 0.15) is 0 Å². The van der Waals surface area contributed by atoms with E-state index in [1.165, 1.54) is 0 Å². The Bertz CT molecular complexity index is 592. The standard InChI is InChI=1S/C10H4O11/c11-7(12)17-3-1-5-6(2-4(3)18-8(13)14)20-10(16)21-9(15)19-5/h1-2H,(H,11,12)(H,13,14). The van der Waals surface area contributed by atoms with Gasteiger partial charge in [-0.05, 0) is 0 Å². The lowest BCUT2D eigenvalue weighted by Gasteiger charge is -2.10. The van der Waals surface area contributed by atoms with Crippen LogP contribution in [0.2, 0.25) is 0 Å². The molecule has 1 aromatic carbocycles. The van der Waals surface area contributed by atoms with Gasteiger partial charge in [0.2, 0.25) is 0 Å². The van der Waals surface area contributed by atoms with Gasteiger partial charge in [-0.25, -0.2) is 19.2 Å². The number of fused-ring (bicyclic) bond motifs is 1. The maximum atomic E-state index is 11.0. The minimum atomic E-state index is -1.78. The molecule has 0 aliphatic carbocycles. The summed E-state index contributed by atoms with van der Waals surface area (Å²) >= 11 is 0. The monoisotopic (exact) mass is 300 g/mol. The van der Waals surface area contributed by atoms with Crippen LogP contribution < -0.4 is 18.9 Å². The molecule has 1 aliphatic rings. The van der Waals surface area contributed by atoms with Crippen molar-refractivity contribution in [1.82, 2.24) is 0 Å². The van der Waals surface area contributed by atoms with Gasteiger partial charge in [-0.3, -0.25) is 0 Å². The van der Waals surface area contributed by atoms with Crippen molar-refractivity contribution in [2.75, 3.05) is 0 Å². The predicted molar refractivity (Wildman–Crippen MR) is 56.9 cm³/mol. The van der Waals surface area contributed by atoms with Crippen LogP contribution in [0.3, 0.4) is 0 Å². The number of carboxylic acid groups (broad SMARTS) is 2. The lowest BCUT2D eigenvalue weighted by atomic mass is 10.2. The lowest BCUT2D eigenvalue weighted by molar-refractivity contribution is 0.0998. The van der Waals surface area contributed by atoms with Crippen molar-refractivity contribution >= 4 is 24.6 Å². The second kappa shape index (κ2) is 5.24. The largest absolute Gasteiger partial charge is 0.524 e. The first-order chi connectivity index (χ1) is 9.85. The second-order valence-electron chi connectivity index (χ2n) is 3.29. The number of ether oxygens (including phenoxy) is 5. The van der Waals surface area contributed by atoms with Gasteiger partial charge >= 0.3 is 24.6 Å². The summed E-state index contributed by atoms with van der Waals surface area (Å²) in [6, 6.07) is 1.56. The lowest BCUT2D eigenvalue weighted by Crippen LogP contribution is -2.14. The summed E-state index contributed by atoms with van der Waals surface area (Å²) in [5.41, 5.74) is 0. The molecule has 110 valence electrons. The first-order valence-electron chi connectivity index (χ1n) is 4.96. The van der Waals surface area contributed by atoms with Crippen LogP contribution in [0.5, 0.6) is 23.0 Å². The molecule has 0 unspecified atom stereocenters. The fourth-order valence-corrected chi connectivity index (χ4v) is 1.32. The summed E-state index contributed by atoms with van der Waals surface area (Å²) in [5.74, 6) is -2.07. The van der Waals surface area contributed by atoms with E-state index in [4.69, 9.17) is 10.2 Å². The third-order valence-corrected chi connectivity index (χ3v) is 1.96. The molecule has 1 aliphatic heterocycles. The zero-order valence-electron chi connectivity index (χ0n) is 9.72. The molecule has 0 amide bonds. The Balaban J connectivity index is 2.50. The van der Waals surface area contributed by atoms with Gasteiger partial charge in [0.05, 0.1) is 0 Å². The van der Waals surface area contributed by atoms with Crippen molar-refractivity contribution in [3.63, 3.8) is 0 Å². The zero-order valence-corrected chi connectivity index (χ0v) is 9.72. The molecule has 1 aromatic rings. The van der Waals surface area contributed by atoms with Crippen molar-refractivity contribution in [2.24, 2.45) is 0 Å². The normalized spacial score (nSPS) is 13.0. The molecule has 2 N–H and O–H groups in total.